The van der Waals surface area contributed by atoms with Gasteiger partial charge in [-0.1, -0.05) is 6.42 Å². The smallest absolute Gasteiger partial charge is 0.243 e. The van der Waals surface area contributed by atoms with Crippen LogP contribution in [0.3, 0.4) is 0 Å². The van der Waals surface area contributed by atoms with Crippen LogP contribution < -0.4 is 14.8 Å². The molecule has 2 fully saturated rings. The van der Waals surface area contributed by atoms with Crippen LogP contribution in [0.25, 0.3) is 0 Å². The van der Waals surface area contributed by atoms with Crippen molar-refractivity contribution in [2.75, 3.05) is 45.9 Å². The SMILES string of the molecule is CC(C)(CNC(=O)C1CCN(S(=O)(=O)c2ccc3c(c2)OCCCO3)CC1)N1CCCCC1. The van der Waals surface area contributed by atoms with Gasteiger partial charge in [0.25, 0.3) is 0 Å². The number of fused-ring (bicyclic) bond motifs is 1. The maximum atomic E-state index is 13.2. The van der Waals surface area contributed by atoms with Crippen LogP contribution in [0.1, 0.15) is 52.4 Å². The molecule has 0 unspecified atom stereocenters. The van der Waals surface area contributed by atoms with Crippen molar-refractivity contribution in [2.45, 2.75) is 62.8 Å². The van der Waals surface area contributed by atoms with E-state index in [4.69, 9.17) is 9.47 Å². The van der Waals surface area contributed by atoms with Gasteiger partial charge in [0.15, 0.2) is 11.5 Å². The molecule has 0 saturated carbocycles. The Morgan fingerprint density at radius 2 is 1.67 bits per heavy atom. The lowest BCUT2D eigenvalue weighted by Gasteiger charge is -2.41. The van der Waals surface area contributed by atoms with E-state index in [-0.39, 0.29) is 22.3 Å². The average molecular weight is 480 g/mol. The number of benzene rings is 1. The molecule has 1 N–H and O–H groups in total. The van der Waals surface area contributed by atoms with Gasteiger partial charge in [0, 0.05) is 43.6 Å². The second-order valence-electron chi connectivity index (χ2n) is 9.92. The lowest BCUT2D eigenvalue weighted by molar-refractivity contribution is -0.126. The van der Waals surface area contributed by atoms with Crippen molar-refractivity contribution in [3.63, 3.8) is 0 Å². The predicted octanol–water partition coefficient (Wildman–Crippen LogP) is 2.63. The molecule has 0 aliphatic carbocycles. The van der Waals surface area contributed by atoms with Crippen molar-refractivity contribution in [1.29, 1.82) is 0 Å². The minimum atomic E-state index is -3.65. The molecule has 3 aliphatic rings. The first kappa shape index (κ1) is 24.3. The van der Waals surface area contributed by atoms with Gasteiger partial charge < -0.3 is 14.8 Å². The van der Waals surface area contributed by atoms with Gasteiger partial charge in [0.2, 0.25) is 15.9 Å². The van der Waals surface area contributed by atoms with Crippen molar-refractivity contribution in [2.24, 2.45) is 5.92 Å². The summed E-state index contributed by atoms with van der Waals surface area (Å²) in [5, 5.41) is 3.14. The first-order valence-electron chi connectivity index (χ1n) is 12.2. The number of nitrogens with zero attached hydrogens (tertiary/aromatic N) is 2. The maximum absolute atomic E-state index is 13.2. The van der Waals surface area contributed by atoms with Crippen molar-refractivity contribution < 1.29 is 22.7 Å². The fourth-order valence-corrected chi connectivity index (χ4v) is 6.36. The van der Waals surface area contributed by atoms with Gasteiger partial charge in [0.05, 0.1) is 18.1 Å². The molecule has 184 valence electrons. The van der Waals surface area contributed by atoms with Gasteiger partial charge in [-0.05, 0) is 64.8 Å². The third kappa shape index (κ3) is 5.63. The second kappa shape index (κ2) is 10.2. The van der Waals surface area contributed by atoms with E-state index in [0.29, 0.717) is 57.2 Å². The summed E-state index contributed by atoms with van der Waals surface area (Å²) in [5.41, 5.74) is -0.0722. The van der Waals surface area contributed by atoms with E-state index >= 15 is 0 Å². The van der Waals surface area contributed by atoms with E-state index in [1.54, 1.807) is 18.2 Å². The zero-order valence-corrected chi connectivity index (χ0v) is 20.7. The third-order valence-corrected chi connectivity index (χ3v) is 8.98. The van der Waals surface area contributed by atoms with E-state index in [1.165, 1.54) is 23.6 Å². The molecule has 4 rings (SSSR count). The molecule has 0 atom stereocenters. The summed E-state index contributed by atoms with van der Waals surface area (Å²) in [6, 6.07) is 4.79. The molecule has 8 nitrogen and oxygen atoms in total. The van der Waals surface area contributed by atoms with Gasteiger partial charge in [-0.15, -0.1) is 0 Å². The van der Waals surface area contributed by atoms with Crippen LogP contribution in [-0.4, -0.2) is 75.0 Å². The molecule has 3 heterocycles. The second-order valence-corrected chi connectivity index (χ2v) is 11.9. The van der Waals surface area contributed by atoms with E-state index in [1.807, 2.05) is 0 Å². The van der Waals surface area contributed by atoms with Gasteiger partial charge in [-0.2, -0.15) is 4.31 Å². The zero-order valence-electron chi connectivity index (χ0n) is 19.8. The Labute approximate surface area is 197 Å². The molecule has 33 heavy (non-hydrogen) atoms. The van der Waals surface area contributed by atoms with Crippen LogP contribution in [0.5, 0.6) is 11.5 Å². The Kier molecular flexibility index (Phi) is 7.50. The number of rotatable bonds is 6. The first-order valence-corrected chi connectivity index (χ1v) is 13.6. The maximum Gasteiger partial charge on any atom is 0.243 e. The Bertz CT molecular complexity index is 935. The van der Waals surface area contributed by atoms with Crippen LogP contribution >= 0.6 is 0 Å². The van der Waals surface area contributed by atoms with Crippen LogP contribution in [0, 0.1) is 5.92 Å². The molecular weight excluding hydrogens is 442 g/mol. The summed E-state index contributed by atoms with van der Waals surface area (Å²) < 4.78 is 39.1. The van der Waals surface area contributed by atoms with Crippen LogP contribution in [0.2, 0.25) is 0 Å². The van der Waals surface area contributed by atoms with Gasteiger partial charge in [0.1, 0.15) is 0 Å². The summed E-state index contributed by atoms with van der Waals surface area (Å²) in [4.78, 5) is 15.5. The molecule has 1 aromatic carbocycles. The van der Waals surface area contributed by atoms with Crippen LogP contribution in [0.4, 0.5) is 0 Å². The number of hydrogen-bond donors (Lipinski definition) is 1. The molecule has 0 spiro atoms. The topological polar surface area (TPSA) is 88.2 Å². The number of carbonyl (C=O) groups is 1. The number of piperidine rings is 2. The minimum absolute atomic E-state index is 0.0349. The highest BCUT2D eigenvalue weighted by molar-refractivity contribution is 7.89. The van der Waals surface area contributed by atoms with Gasteiger partial charge in [-0.25, -0.2) is 8.42 Å². The zero-order chi connectivity index (χ0) is 23.5. The highest BCUT2D eigenvalue weighted by Crippen LogP contribution is 2.34. The molecule has 0 radical (unpaired) electrons. The molecule has 1 aromatic rings. The molecule has 2 saturated heterocycles. The Balaban J connectivity index is 1.31. The van der Waals surface area contributed by atoms with Crippen molar-refractivity contribution in [3.05, 3.63) is 18.2 Å². The molecule has 9 heteroatoms. The summed E-state index contributed by atoms with van der Waals surface area (Å²) in [6.07, 6.45) is 5.54. The normalized spacial score (nSPS) is 21.4. The summed E-state index contributed by atoms with van der Waals surface area (Å²) in [5.74, 6) is 0.929. The Hall–Kier alpha value is -1.84. The lowest BCUT2D eigenvalue weighted by Crippen LogP contribution is -2.54. The summed E-state index contributed by atoms with van der Waals surface area (Å²) in [6.45, 7) is 8.88. The van der Waals surface area contributed by atoms with Crippen LogP contribution in [0.15, 0.2) is 23.1 Å². The number of amides is 1. The third-order valence-electron chi connectivity index (χ3n) is 7.09. The summed E-state index contributed by atoms with van der Waals surface area (Å²) in [7, 11) is -3.65. The van der Waals surface area contributed by atoms with E-state index in [0.717, 1.165) is 19.5 Å². The number of hydrogen-bond acceptors (Lipinski definition) is 6. The highest BCUT2D eigenvalue weighted by Gasteiger charge is 2.34. The van der Waals surface area contributed by atoms with E-state index in [9.17, 15) is 13.2 Å². The largest absolute Gasteiger partial charge is 0.490 e. The average Bonchev–Trinajstić information content (AvgIpc) is 3.08. The fraction of sp³-hybridized carbons (Fsp3) is 0.708. The van der Waals surface area contributed by atoms with Crippen molar-refractivity contribution in [3.8, 4) is 11.5 Å². The molecule has 0 aromatic heterocycles. The van der Waals surface area contributed by atoms with E-state index in [2.05, 4.69) is 24.1 Å². The molecule has 1 amide bonds. The van der Waals surface area contributed by atoms with Gasteiger partial charge >= 0.3 is 0 Å². The standard InChI is InChI=1S/C24H37N3O5S/c1-24(2,26-11-4-3-5-12-26)18-25-23(28)19-9-13-27(14-10-19)33(29,30)20-7-8-21-22(17-20)32-16-6-15-31-21/h7-8,17,19H,3-6,9-16,18H2,1-2H3,(H,25,28). The number of ether oxygens (including phenoxy) is 2. The monoisotopic (exact) mass is 479 g/mol. The number of nitrogens with one attached hydrogen (secondary N) is 1. The Morgan fingerprint density at radius 3 is 2.36 bits per heavy atom. The molecular formula is C24H37N3O5S. The predicted molar refractivity (Wildman–Crippen MR) is 126 cm³/mol. The summed E-state index contributed by atoms with van der Waals surface area (Å²) >= 11 is 0. The lowest BCUT2D eigenvalue weighted by atomic mass is 9.95. The minimum Gasteiger partial charge on any atom is -0.490 e. The quantitative estimate of drug-likeness (QED) is 0.675. The van der Waals surface area contributed by atoms with E-state index < -0.39 is 10.0 Å². The van der Waals surface area contributed by atoms with Crippen LogP contribution in [-0.2, 0) is 14.8 Å². The van der Waals surface area contributed by atoms with Crippen molar-refractivity contribution >= 4 is 15.9 Å². The highest BCUT2D eigenvalue weighted by atomic mass is 32.2. The Morgan fingerprint density at radius 1 is 1.00 bits per heavy atom. The number of likely N-dealkylation sites (tertiary alicyclic amines) is 1. The number of sulfonamides is 1. The molecule has 3 aliphatic heterocycles. The van der Waals surface area contributed by atoms with Gasteiger partial charge in [-0.3, -0.25) is 9.69 Å². The first-order chi connectivity index (χ1) is 15.8. The fourth-order valence-electron chi connectivity index (χ4n) is 4.87. The van der Waals surface area contributed by atoms with Crippen molar-refractivity contribution in [1.82, 2.24) is 14.5 Å². The number of carbonyl (C=O) groups excluding carboxylic acids is 1. The molecule has 0 bridgehead atoms.